The number of benzene rings is 2. The molecule has 248 valence electrons. The van der Waals surface area contributed by atoms with Crippen molar-refractivity contribution in [3.05, 3.63) is 84.2 Å². The van der Waals surface area contributed by atoms with E-state index in [1.807, 2.05) is 48.5 Å². The third-order valence-corrected chi connectivity index (χ3v) is 11.9. The average Bonchev–Trinajstić information content (AvgIpc) is 3.84. The summed E-state index contributed by atoms with van der Waals surface area (Å²) in [5, 5.41) is 12.5. The van der Waals surface area contributed by atoms with Crippen molar-refractivity contribution in [2.24, 2.45) is 11.8 Å². The van der Waals surface area contributed by atoms with Crippen LogP contribution in [0.15, 0.2) is 73.1 Å². The predicted octanol–water partition coefficient (Wildman–Crippen LogP) is 9.04. The van der Waals surface area contributed by atoms with Gasteiger partial charge in [-0.05, 0) is 104 Å². The Morgan fingerprint density at radius 1 is 0.681 bits per heavy atom. The third kappa shape index (κ3) is 8.37. The normalized spacial score (nSPS) is 23.5. The number of amides is 1. The molecular formula is C38H46N4O3S2. The van der Waals surface area contributed by atoms with Crippen LogP contribution >= 0.6 is 23.1 Å². The number of nitrogens with zero attached hydrogens (tertiary/aromatic N) is 3. The minimum atomic E-state index is -0.933. The third-order valence-electron chi connectivity index (χ3n) is 10.2. The maximum atomic E-state index is 13.2. The standard InChI is InChI=1S/C19H22N2OS.C10H7NO2S.C9H17N/c22-19(21-12-6-10-14-7-4-5-11-17(14)21)16-13-20-23-18(16)15-8-2-1-3-9-15;12-10(13)8-6-11-14-9(8)7-4-2-1-3-5-7;1-2-6-9-8(4-1)5-3-7-10-9/h1-3,8-9,13-14,17H,4-7,10-12H2;1-6H,(H,12,13);8-10H,1-7H2. The number of rotatable bonds is 4. The first kappa shape index (κ1) is 33.5. The molecule has 2 aliphatic carbocycles. The van der Waals surface area contributed by atoms with Gasteiger partial charge in [-0.3, -0.25) is 4.79 Å². The smallest absolute Gasteiger partial charge is 0.338 e. The van der Waals surface area contributed by atoms with Crippen LogP contribution in [0.2, 0.25) is 0 Å². The number of carboxylic acid groups (broad SMARTS) is 1. The average molecular weight is 671 g/mol. The van der Waals surface area contributed by atoms with Gasteiger partial charge < -0.3 is 15.3 Å². The number of likely N-dealkylation sites (tertiary alicyclic amines) is 1. The summed E-state index contributed by atoms with van der Waals surface area (Å²) >= 11 is 2.63. The van der Waals surface area contributed by atoms with Crippen molar-refractivity contribution in [2.75, 3.05) is 13.1 Å². The van der Waals surface area contributed by atoms with E-state index < -0.39 is 5.97 Å². The van der Waals surface area contributed by atoms with Crippen LogP contribution in [0.25, 0.3) is 20.9 Å². The van der Waals surface area contributed by atoms with Gasteiger partial charge in [0.2, 0.25) is 0 Å². The molecule has 2 saturated carbocycles. The molecule has 2 aliphatic heterocycles. The van der Waals surface area contributed by atoms with Gasteiger partial charge >= 0.3 is 5.97 Å². The highest BCUT2D eigenvalue weighted by Crippen LogP contribution is 2.37. The van der Waals surface area contributed by atoms with E-state index >= 15 is 0 Å². The largest absolute Gasteiger partial charge is 0.478 e. The number of nitrogens with one attached hydrogen (secondary N) is 1. The molecular weight excluding hydrogens is 625 g/mol. The van der Waals surface area contributed by atoms with E-state index in [9.17, 15) is 9.59 Å². The number of carboxylic acids is 1. The molecule has 4 aliphatic rings. The summed E-state index contributed by atoms with van der Waals surface area (Å²) < 4.78 is 8.19. The van der Waals surface area contributed by atoms with Crippen molar-refractivity contribution >= 4 is 34.9 Å². The zero-order valence-corrected chi connectivity index (χ0v) is 28.7. The highest BCUT2D eigenvalue weighted by molar-refractivity contribution is 7.10. The fourth-order valence-electron chi connectivity index (χ4n) is 7.88. The number of aromatic nitrogens is 2. The highest BCUT2D eigenvalue weighted by atomic mass is 32.1. The summed E-state index contributed by atoms with van der Waals surface area (Å²) in [5.41, 5.74) is 3.04. The van der Waals surface area contributed by atoms with E-state index in [0.717, 1.165) is 46.5 Å². The number of carbonyl (C=O) groups excluding carboxylic acids is 1. The van der Waals surface area contributed by atoms with Crippen LogP contribution in [-0.2, 0) is 0 Å². The van der Waals surface area contributed by atoms with Gasteiger partial charge in [0.25, 0.3) is 5.91 Å². The summed E-state index contributed by atoms with van der Waals surface area (Å²) in [4.78, 5) is 27.9. The number of piperidine rings is 2. The molecule has 0 spiro atoms. The van der Waals surface area contributed by atoms with E-state index in [-0.39, 0.29) is 11.5 Å². The second kappa shape index (κ2) is 16.6. The molecule has 4 unspecified atom stereocenters. The van der Waals surface area contributed by atoms with Crippen LogP contribution < -0.4 is 5.32 Å². The Morgan fingerprint density at radius 3 is 1.89 bits per heavy atom. The van der Waals surface area contributed by atoms with Crippen LogP contribution in [0.4, 0.5) is 0 Å². The van der Waals surface area contributed by atoms with E-state index in [2.05, 4.69) is 31.1 Å². The summed E-state index contributed by atoms with van der Waals surface area (Å²) in [6.45, 7) is 2.19. The van der Waals surface area contributed by atoms with Crippen molar-refractivity contribution in [3.63, 3.8) is 0 Å². The quantitative estimate of drug-likeness (QED) is 0.225. The Balaban J connectivity index is 0.000000136. The van der Waals surface area contributed by atoms with Crippen LogP contribution in [0.5, 0.6) is 0 Å². The van der Waals surface area contributed by atoms with Crippen molar-refractivity contribution in [2.45, 2.75) is 89.1 Å². The molecule has 4 aromatic rings. The number of fused-ring (bicyclic) bond motifs is 2. The van der Waals surface area contributed by atoms with Crippen molar-refractivity contribution in [3.8, 4) is 20.9 Å². The first-order chi connectivity index (χ1) is 23.1. The van der Waals surface area contributed by atoms with Gasteiger partial charge in [-0.1, -0.05) is 86.3 Å². The molecule has 9 heteroatoms. The lowest BCUT2D eigenvalue weighted by Gasteiger charge is -2.44. The van der Waals surface area contributed by atoms with Crippen LogP contribution in [-0.4, -0.2) is 55.8 Å². The summed E-state index contributed by atoms with van der Waals surface area (Å²) in [7, 11) is 0. The van der Waals surface area contributed by atoms with Crippen molar-refractivity contribution < 1.29 is 14.7 Å². The molecule has 4 fully saturated rings. The minimum Gasteiger partial charge on any atom is -0.478 e. The molecule has 0 radical (unpaired) electrons. The maximum Gasteiger partial charge on any atom is 0.338 e. The highest BCUT2D eigenvalue weighted by Gasteiger charge is 2.37. The Bertz CT molecular complexity index is 1550. The first-order valence-corrected chi connectivity index (χ1v) is 18.9. The van der Waals surface area contributed by atoms with Gasteiger partial charge in [-0.2, -0.15) is 8.75 Å². The number of hydrogen-bond donors (Lipinski definition) is 2. The molecule has 4 atom stereocenters. The fraction of sp³-hybridized carbons (Fsp3) is 0.474. The van der Waals surface area contributed by atoms with Gasteiger partial charge in [0.15, 0.2) is 0 Å². The van der Waals surface area contributed by atoms with E-state index in [0.29, 0.717) is 16.8 Å². The van der Waals surface area contributed by atoms with Gasteiger partial charge in [0.1, 0.15) is 0 Å². The minimum absolute atomic E-state index is 0.189. The fourth-order valence-corrected chi connectivity index (χ4v) is 9.37. The van der Waals surface area contributed by atoms with Gasteiger partial charge in [0.05, 0.1) is 33.3 Å². The molecule has 0 bridgehead atoms. The molecule has 7 nitrogen and oxygen atoms in total. The lowest BCUT2D eigenvalue weighted by molar-refractivity contribution is 0.0391. The Morgan fingerprint density at radius 2 is 1.23 bits per heavy atom. The monoisotopic (exact) mass is 670 g/mol. The summed E-state index contributed by atoms with van der Waals surface area (Å²) in [6.07, 6.45) is 19.5. The molecule has 4 heterocycles. The van der Waals surface area contributed by atoms with Crippen LogP contribution in [0.3, 0.4) is 0 Å². The molecule has 2 saturated heterocycles. The van der Waals surface area contributed by atoms with E-state index in [1.54, 1.807) is 6.20 Å². The first-order valence-electron chi connectivity index (χ1n) is 17.4. The molecule has 47 heavy (non-hydrogen) atoms. The topological polar surface area (TPSA) is 95.4 Å². The maximum absolute atomic E-state index is 13.2. The van der Waals surface area contributed by atoms with Crippen LogP contribution in [0.1, 0.15) is 97.8 Å². The predicted molar refractivity (Wildman–Crippen MR) is 191 cm³/mol. The zero-order chi connectivity index (χ0) is 32.4. The molecule has 8 rings (SSSR count). The van der Waals surface area contributed by atoms with E-state index in [1.165, 1.54) is 106 Å². The Hall–Kier alpha value is -3.40. The van der Waals surface area contributed by atoms with Crippen molar-refractivity contribution in [1.29, 1.82) is 0 Å². The van der Waals surface area contributed by atoms with E-state index in [4.69, 9.17) is 5.11 Å². The lowest BCUT2D eigenvalue weighted by Crippen LogP contribution is -2.49. The molecule has 2 N–H and O–H groups in total. The van der Waals surface area contributed by atoms with Gasteiger partial charge in [-0.15, -0.1) is 0 Å². The number of hydrogen-bond acceptors (Lipinski definition) is 7. The van der Waals surface area contributed by atoms with Gasteiger partial charge in [0, 0.05) is 18.6 Å². The van der Waals surface area contributed by atoms with Gasteiger partial charge in [-0.25, -0.2) is 4.79 Å². The summed E-state index contributed by atoms with van der Waals surface area (Å²) in [6, 6.07) is 20.9. The Kier molecular flexibility index (Phi) is 11.8. The Labute approximate surface area is 286 Å². The summed E-state index contributed by atoms with van der Waals surface area (Å²) in [5.74, 6) is 1.02. The molecule has 1 amide bonds. The zero-order valence-electron chi connectivity index (χ0n) is 27.1. The second-order valence-corrected chi connectivity index (χ2v) is 14.8. The molecule has 2 aromatic carbocycles. The second-order valence-electron chi connectivity index (χ2n) is 13.2. The lowest BCUT2D eigenvalue weighted by atomic mass is 9.78. The number of carbonyl (C=O) groups is 2. The SMILES string of the molecule is C1CCC2NCCCC2C1.O=C(O)c1cnsc1-c1ccccc1.O=C(c1cnsc1-c1ccccc1)N1CCCC2CCCCC21. The van der Waals surface area contributed by atoms with Crippen molar-refractivity contribution in [1.82, 2.24) is 19.0 Å². The number of aromatic carboxylic acids is 1. The molecule has 2 aromatic heterocycles. The van der Waals surface area contributed by atoms with Crippen LogP contribution in [0, 0.1) is 11.8 Å².